The fraction of sp³-hybridized carbons (Fsp3) is 0.375. The summed E-state index contributed by atoms with van der Waals surface area (Å²) in [7, 11) is 0. The number of esters is 2. The lowest BCUT2D eigenvalue weighted by Gasteiger charge is -2.23. The molecular formula is C16H20BrNO4. The highest BCUT2D eigenvalue weighted by molar-refractivity contribution is 9.10. The standard InChI is InChI=1S/C16H20BrNO4/c1-4-13(15(19)21-5-2)14(16(20)22-6-3)18-12-9-7-11(17)8-10-12/h4,7-10,13-14,18H,1,5-6H2,2-3H3/t13-,14+/m1/s1. The molecule has 0 radical (unpaired) electrons. The molecule has 0 aliphatic rings. The first kappa shape index (κ1) is 18.2. The maximum absolute atomic E-state index is 12.2. The van der Waals surface area contributed by atoms with Gasteiger partial charge in [0.2, 0.25) is 0 Å². The summed E-state index contributed by atoms with van der Waals surface area (Å²) in [4.78, 5) is 24.2. The molecule has 0 fully saturated rings. The SMILES string of the molecule is C=C[C@@H](C(=O)OCC)[C@H](Nc1ccc(Br)cc1)C(=O)OCC. The monoisotopic (exact) mass is 369 g/mol. The van der Waals surface area contributed by atoms with Gasteiger partial charge in [-0.2, -0.15) is 0 Å². The van der Waals surface area contributed by atoms with Crippen molar-refractivity contribution in [2.45, 2.75) is 19.9 Å². The van der Waals surface area contributed by atoms with E-state index < -0.39 is 23.9 Å². The molecule has 0 saturated carbocycles. The number of rotatable bonds is 8. The summed E-state index contributed by atoms with van der Waals surface area (Å²) in [6, 6.07) is 6.36. The Morgan fingerprint density at radius 1 is 1.18 bits per heavy atom. The average molecular weight is 370 g/mol. The van der Waals surface area contributed by atoms with Crippen molar-refractivity contribution in [3.8, 4) is 0 Å². The molecule has 0 aromatic heterocycles. The molecule has 0 heterocycles. The summed E-state index contributed by atoms with van der Waals surface area (Å²) in [6.07, 6.45) is 1.39. The van der Waals surface area contributed by atoms with Crippen molar-refractivity contribution >= 4 is 33.6 Å². The Bertz CT molecular complexity index is 515. The van der Waals surface area contributed by atoms with Gasteiger partial charge in [-0.15, -0.1) is 6.58 Å². The Morgan fingerprint density at radius 2 is 1.73 bits per heavy atom. The van der Waals surface area contributed by atoms with E-state index >= 15 is 0 Å². The lowest BCUT2D eigenvalue weighted by Crippen LogP contribution is -2.42. The van der Waals surface area contributed by atoms with Crippen LogP contribution in [0.5, 0.6) is 0 Å². The number of halogens is 1. The largest absolute Gasteiger partial charge is 0.465 e. The third-order valence-electron chi connectivity index (χ3n) is 2.88. The first-order chi connectivity index (χ1) is 10.5. The Balaban J connectivity index is 3.00. The lowest BCUT2D eigenvalue weighted by atomic mass is 9.99. The van der Waals surface area contributed by atoms with Crippen molar-refractivity contribution in [3.05, 3.63) is 41.4 Å². The molecule has 0 saturated heterocycles. The van der Waals surface area contributed by atoms with Gasteiger partial charge in [0.1, 0.15) is 12.0 Å². The second-order valence-electron chi connectivity index (χ2n) is 4.39. The van der Waals surface area contributed by atoms with Crippen LogP contribution in [0.3, 0.4) is 0 Å². The van der Waals surface area contributed by atoms with E-state index in [9.17, 15) is 9.59 Å². The Morgan fingerprint density at radius 3 is 2.23 bits per heavy atom. The average Bonchev–Trinajstić information content (AvgIpc) is 2.49. The van der Waals surface area contributed by atoms with Crippen LogP contribution >= 0.6 is 15.9 Å². The van der Waals surface area contributed by atoms with Gasteiger partial charge in [0.25, 0.3) is 0 Å². The number of benzene rings is 1. The summed E-state index contributed by atoms with van der Waals surface area (Å²) in [6.45, 7) is 7.50. The number of hydrogen-bond donors (Lipinski definition) is 1. The van der Waals surface area contributed by atoms with Crippen LogP contribution < -0.4 is 5.32 Å². The molecule has 0 aliphatic carbocycles. The summed E-state index contributed by atoms with van der Waals surface area (Å²) in [5, 5.41) is 3.01. The second-order valence-corrected chi connectivity index (χ2v) is 5.31. The number of ether oxygens (including phenoxy) is 2. The molecule has 1 rings (SSSR count). The van der Waals surface area contributed by atoms with Crippen LogP contribution in [0.15, 0.2) is 41.4 Å². The van der Waals surface area contributed by atoms with Gasteiger partial charge in [-0.1, -0.05) is 22.0 Å². The van der Waals surface area contributed by atoms with Gasteiger partial charge >= 0.3 is 11.9 Å². The summed E-state index contributed by atoms with van der Waals surface area (Å²) >= 11 is 3.34. The second kappa shape index (κ2) is 9.25. The fourth-order valence-electron chi connectivity index (χ4n) is 1.86. The first-order valence-corrected chi connectivity index (χ1v) is 7.80. The van der Waals surface area contributed by atoms with E-state index in [2.05, 4.69) is 27.8 Å². The topological polar surface area (TPSA) is 64.6 Å². The fourth-order valence-corrected chi connectivity index (χ4v) is 2.12. The molecule has 1 N–H and O–H groups in total. The van der Waals surface area contributed by atoms with E-state index in [0.29, 0.717) is 5.69 Å². The molecule has 120 valence electrons. The highest BCUT2D eigenvalue weighted by Crippen LogP contribution is 2.19. The summed E-state index contributed by atoms with van der Waals surface area (Å²) < 4.78 is 11.0. The number of anilines is 1. The zero-order valence-corrected chi connectivity index (χ0v) is 14.3. The van der Waals surface area contributed by atoms with Gasteiger partial charge in [0.15, 0.2) is 0 Å². The molecule has 1 aromatic carbocycles. The minimum Gasteiger partial charge on any atom is -0.465 e. The first-order valence-electron chi connectivity index (χ1n) is 7.01. The Kier molecular flexibility index (Phi) is 7.66. The van der Waals surface area contributed by atoms with Crippen LogP contribution in [0.4, 0.5) is 5.69 Å². The lowest BCUT2D eigenvalue weighted by molar-refractivity contribution is -0.153. The van der Waals surface area contributed by atoms with Crippen LogP contribution in [0.25, 0.3) is 0 Å². The summed E-state index contributed by atoms with van der Waals surface area (Å²) in [5.74, 6) is -1.87. The molecule has 22 heavy (non-hydrogen) atoms. The van der Waals surface area contributed by atoms with E-state index in [1.54, 1.807) is 26.0 Å². The zero-order chi connectivity index (χ0) is 16.5. The maximum atomic E-state index is 12.2. The third kappa shape index (κ3) is 5.18. The molecule has 0 aliphatic heterocycles. The van der Waals surface area contributed by atoms with Crippen molar-refractivity contribution in [1.82, 2.24) is 0 Å². The summed E-state index contributed by atoms with van der Waals surface area (Å²) in [5.41, 5.74) is 0.692. The van der Waals surface area contributed by atoms with E-state index in [4.69, 9.17) is 9.47 Å². The molecule has 0 unspecified atom stereocenters. The van der Waals surface area contributed by atoms with Crippen LogP contribution in [-0.4, -0.2) is 31.2 Å². The quantitative estimate of drug-likeness (QED) is 0.563. The van der Waals surface area contributed by atoms with Gasteiger partial charge in [0, 0.05) is 10.2 Å². The van der Waals surface area contributed by atoms with Crippen molar-refractivity contribution < 1.29 is 19.1 Å². The number of carbonyl (C=O) groups excluding carboxylic acids is 2. The predicted octanol–water partition coefficient (Wildman–Crippen LogP) is 3.16. The van der Waals surface area contributed by atoms with Crippen LogP contribution in [-0.2, 0) is 19.1 Å². The van der Waals surface area contributed by atoms with Gasteiger partial charge in [-0.25, -0.2) is 4.79 Å². The molecule has 2 atom stereocenters. The van der Waals surface area contributed by atoms with Gasteiger partial charge in [0.05, 0.1) is 13.2 Å². The highest BCUT2D eigenvalue weighted by Gasteiger charge is 2.33. The molecule has 6 heteroatoms. The van der Waals surface area contributed by atoms with Crippen LogP contribution in [0.2, 0.25) is 0 Å². The molecule has 5 nitrogen and oxygen atoms in total. The van der Waals surface area contributed by atoms with E-state index in [1.165, 1.54) is 6.08 Å². The van der Waals surface area contributed by atoms with Gasteiger partial charge in [-0.3, -0.25) is 4.79 Å². The number of nitrogens with one attached hydrogen (secondary N) is 1. The predicted molar refractivity (Wildman–Crippen MR) is 88.5 cm³/mol. The Labute approximate surface area is 138 Å². The minimum absolute atomic E-state index is 0.226. The molecule has 1 aromatic rings. The maximum Gasteiger partial charge on any atom is 0.329 e. The third-order valence-corrected chi connectivity index (χ3v) is 3.41. The molecule has 0 spiro atoms. The number of carbonyl (C=O) groups is 2. The van der Waals surface area contributed by atoms with E-state index in [-0.39, 0.29) is 13.2 Å². The van der Waals surface area contributed by atoms with Crippen LogP contribution in [0, 0.1) is 5.92 Å². The van der Waals surface area contributed by atoms with Crippen molar-refractivity contribution in [2.24, 2.45) is 5.92 Å². The van der Waals surface area contributed by atoms with E-state index in [1.807, 2.05) is 12.1 Å². The molecular weight excluding hydrogens is 350 g/mol. The highest BCUT2D eigenvalue weighted by atomic mass is 79.9. The van der Waals surface area contributed by atoms with Crippen LogP contribution in [0.1, 0.15) is 13.8 Å². The van der Waals surface area contributed by atoms with Gasteiger partial charge < -0.3 is 14.8 Å². The van der Waals surface area contributed by atoms with Crippen molar-refractivity contribution in [2.75, 3.05) is 18.5 Å². The smallest absolute Gasteiger partial charge is 0.329 e. The minimum atomic E-state index is -0.891. The normalized spacial score (nSPS) is 12.9. The zero-order valence-electron chi connectivity index (χ0n) is 12.7. The van der Waals surface area contributed by atoms with Gasteiger partial charge in [-0.05, 0) is 38.1 Å². The van der Waals surface area contributed by atoms with E-state index in [0.717, 1.165) is 4.47 Å². The molecule has 0 bridgehead atoms. The number of hydrogen-bond acceptors (Lipinski definition) is 5. The van der Waals surface area contributed by atoms with Crippen molar-refractivity contribution in [3.63, 3.8) is 0 Å². The molecule has 0 amide bonds. The Hall–Kier alpha value is -1.82. The van der Waals surface area contributed by atoms with Crippen molar-refractivity contribution in [1.29, 1.82) is 0 Å².